The molecule has 1 aromatic heterocycles. The molecule has 1 heterocycles. The van der Waals surface area contributed by atoms with E-state index in [0.29, 0.717) is 17.3 Å². The first-order valence-corrected chi connectivity index (χ1v) is 10.6. The van der Waals surface area contributed by atoms with Gasteiger partial charge in [0.05, 0.1) is 11.6 Å². The molecule has 1 aromatic carbocycles. The van der Waals surface area contributed by atoms with Gasteiger partial charge in [0.15, 0.2) is 0 Å². The molecule has 0 aliphatic heterocycles. The van der Waals surface area contributed by atoms with E-state index in [9.17, 15) is 5.11 Å². The summed E-state index contributed by atoms with van der Waals surface area (Å²) in [4.78, 5) is 9.18. The standard InChI is InChI=1S/C21H28ClN5OS/c1-12-15(11-28)9-10-21(12,3)27-19-16(18(23)29)17(22)25-20(26-19)24-13(2)14-7-5-4-6-8-14/h4-8,12-13,15,28H,9-11H2,1-3H3,(H2,23,29)(H2,24,25,26,27). The zero-order valence-corrected chi connectivity index (χ0v) is 18.5. The van der Waals surface area contributed by atoms with Crippen LogP contribution in [0.4, 0.5) is 11.8 Å². The number of halogens is 1. The second-order valence-electron chi connectivity index (χ2n) is 8.02. The van der Waals surface area contributed by atoms with Crippen molar-refractivity contribution in [3.05, 3.63) is 46.6 Å². The number of anilines is 2. The molecule has 5 N–H and O–H groups in total. The van der Waals surface area contributed by atoms with E-state index in [1.807, 2.05) is 37.3 Å². The van der Waals surface area contributed by atoms with Gasteiger partial charge < -0.3 is 21.5 Å². The third-order valence-electron chi connectivity index (χ3n) is 6.14. The second kappa shape index (κ2) is 8.81. The van der Waals surface area contributed by atoms with E-state index in [2.05, 4.69) is 34.4 Å². The molecule has 0 saturated heterocycles. The molecule has 3 rings (SSSR count). The molecule has 1 aliphatic carbocycles. The molecule has 0 bridgehead atoms. The lowest BCUT2D eigenvalue weighted by atomic mass is 9.86. The minimum absolute atomic E-state index is 0.00412. The predicted molar refractivity (Wildman–Crippen MR) is 122 cm³/mol. The van der Waals surface area contributed by atoms with Gasteiger partial charge in [0.1, 0.15) is 16.0 Å². The summed E-state index contributed by atoms with van der Waals surface area (Å²) in [5, 5.41) is 16.7. The summed E-state index contributed by atoms with van der Waals surface area (Å²) in [6, 6.07) is 10.0. The van der Waals surface area contributed by atoms with Gasteiger partial charge in [0.2, 0.25) is 5.95 Å². The third-order valence-corrected chi connectivity index (χ3v) is 6.62. The molecule has 156 valence electrons. The summed E-state index contributed by atoms with van der Waals surface area (Å²) in [7, 11) is 0. The molecule has 2 aromatic rings. The Kier molecular flexibility index (Phi) is 6.61. The summed E-state index contributed by atoms with van der Waals surface area (Å²) in [6.07, 6.45) is 1.85. The largest absolute Gasteiger partial charge is 0.396 e. The number of nitrogens with one attached hydrogen (secondary N) is 2. The van der Waals surface area contributed by atoms with Crippen LogP contribution in [0.5, 0.6) is 0 Å². The van der Waals surface area contributed by atoms with Crippen molar-refractivity contribution in [3.63, 3.8) is 0 Å². The molecule has 1 aliphatic rings. The number of nitrogens with zero attached hydrogens (tertiary/aromatic N) is 2. The SMILES string of the molecule is CC(Nc1nc(Cl)c(C(N)=S)c(NC2(C)CCC(CO)C2C)n1)c1ccccc1. The third kappa shape index (κ3) is 4.63. The Balaban J connectivity index is 1.92. The van der Waals surface area contributed by atoms with Crippen molar-refractivity contribution in [3.8, 4) is 0 Å². The van der Waals surface area contributed by atoms with Crippen LogP contribution in [-0.2, 0) is 0 Å². The molecule has 4 atom stereocenters. The number of rotatable bonds is 7. The van der Waals surface area contributed by atoms with Crippen LogP contribution in [0.2, 0.25) is 5.15 Å². The number of aliphatic hydroxyl groups excluding tert-OH is 1. The van der Waals surface area contributed by atoms with E-state index in [1.165, 1.54) is 0 Å². The molecule has 0 amide bonds. The fourth-order valence-electron chi connectivity index (χ4n) is 4.00. The molecule has 0 spiro atoms. The lowest BCUT2D eigenvalue weighted by Crippen LogP contribution is -2.40. The van der Waals surface area contributed by atoms with Gasteiger partial charge in [0.25, 0.3) is 0 Å². The van der Waals surface area contributed by atoms with E-state index >= 15 is 0 Å². The van der Waals surface area contributed by atoms with E-state index in [4.69, 9.17) is 29.6 Å². The predicted octanol–water partition coefficient (Wildman–Crippen LogP) is 4.15. The minimum Gasteiger partial charge on any atom is -0.396 e. The summed E-state index contributed by atoms with van der Waals surface area (Å²) >= 11 is 11.7. The van der Waals surface area contributed by atoms with Crippen LogP contribution in [0.3, 0.4) is 0 Å². The maximum Gasteiger partial charge on any atom is 0.226 e. The smallest absolute Gasteiger partial charge is 0.226 e. The van der Waals surface area contributed by atoms with E-state index < -0.39 is 0 Å². The highest BCUT2D eigenvalue weighted by molar-refractivity contribution is 7.80. The van der Waals surface area contributed by atoms with Crippen molar-refractivity contribution >= 4 is 40.6 Å². The van der Waals surface area contributed by atoms with Gasteiger partial charge >= 0.3 is 0 Å². The van der Waals surface area contributed by atoms with Crippen LogP contribution in [0.1, 0.15) is 50.8 Å². The van der Waals surface area contributed by atoms with E-state index in [0.717, 1.165) is 18.4 Å². The minimum atomic E-state index is -0.257. The maximum atomic E-state index is 9.65. The van der Waals surface area contributed by atoms with Crippen LogP contribution >= 0.6 is 23.8 Å². The Morgan fingerprint density at radius 2 is 2.07 bits per heavy atom. The molecule has 1 fully saturated rings. The Labute approximate surface area is 182 Å². The van der Waals surface area contributed by atoms with Gasteiger partial charge in [-0.25, -0.2) is 4.98 Å². The van der Waals surface area contributed by atoms with Crippen molar-refractivity contribution in [1.29, 1.82) is 0 Å². The zero-order chi connectivity index (χ0) is 21.2. The van der Waals surface area contributed by atoms with E-state index in [1.54, 1.807) is 0 Å². The first kappa shape index (κ1) is 21.7. The Hall–Kier alpha value is -1.96. The molecule has 1 saturated carbocycles. The van der Waals surface area contributed by atoms with Gasteiger partial charge in [0, 0.05) is 12.1 Å². The fraction of sp³-hybridized carbons (Fsp3) is 0.476. The van der Waals surface area contributed by atoms with Crippen molar-refractivity contribution in [2.45, 2.75) is 45.2 Å². The first-order valence-electron chi connectivity index (χ1n) is 9.83. The molecule has 8 heteroatoms. The average Bonchev–Trinajstić information content (AvgIpc) is 2.95. The van der Waals surface area contributed by atoms with Crippen LogP contribution in [-0.4, -0.2) is 32.2 Å². The number of thiocarbonyl (C=S) groups is 1. The lowest BCUT2D eigenvalue weighted by Gasteiger charge is -2.34. The van der Waals surface area contributed by atoms with Crippen molar-refractivity contribution in [2.24, 2.45) is 17.6 Å². The zero-order valence-electron chi connectivity index (χ0n) is 16.9. The van der Waals surface area contributed by atoms with Crippen LogP contribution in [0.15, 0.2) is 30.3 Å². The van der Waals surface area contributed by atoms with Gasteiger partial charge in [-0.15, -0.1) is 0 Å². The number of nitrogens with two attached hydrogens (primary N) is 1. The van der Waals surface area contributed by atoms with Gasteiger partial charge in [-0.1, -0.05) is 61.1 Å². The van der Waals surface area contributed by atoms with Gasteiger partial charge in [-0.2, -0.15) is 4.98 Å². The molecular formula is C21H28ClN5OS. The Morgan fingerprint density at radius 1 is 1.38 bits per heavy atom. The monoisotopic (exact) mass is 433 g/mol. The van der Waals surface area contributed by atoms with Crippen LogP contribution in [0.25, 0.3) is 0 Å². The number of hydrogen-bond acceptors (Lipinski definition) is 6. The normalized spacial score (nSPS) is 24.9. The Bertz CT molecular complexity index is 881. The molecule has 0 radical (unpaired) electrons. The molecular weight excluding hydrogens is 406 g/mol. The highest BCUT2D eigenvalue weighted by atomic mass is 35.5. The first-order chi connectivity index (χ1) is 13.7. The summed E-state index contributed by atoms with van der Waals surface area (Å²) in [5.74, 6) is 1.42. The summed E-state index contributed by atoms with van der Waals surface area (Å²) < 4.78 is 0. The second-order valence-corrected chi connectivity index (χ2v) is 8.81. The summed E-state index contributed by atoms with van der Waals surface area (Å²) in [6.45, 7) is 6.48. The quantitative estimate of drug-likeness (QED) is 0.384. The van der Waals surface area contributed by atoms with Crippen molar-refractivity contribution < 1.29 is 5.11 Å². The van der Waals surface area contributed by atoms with Crippen LogP contribution in [0, 0.1) is 11.8 Å². The molecule has 4 unspecified atom stereocenters. The van der Waals surface area contributed by atoms with Crippen molar-refractivity contribution in [1.82, 2.24) is 9.97 Å². The van der Waals surface area contributed by atoms with E-state index in [-0.39, 0.29) is 40.2 Å². The molecule has 6 nitrogen and oxygen atoms in total. The average molecular weight is 434 g/mol. The maximum absolute atomic E-state index is 9.65. The van der Waals surface area contributed by atoms with Gasteiger partial charge in [-0.05, 0) is 44.1 Å². The highest BCUT2D eigenvalue weighted by Gasteiger charge is 2.42. The van der Waals surface area contributed by atoms with Crippen molar-refractivity contribution in [2.75, 3.05) is 17.2 Å². The highest BCUT2D eigenvalue weighted by Crippen LogP contribution is 2.42. The lowest BCUT2D eigenvalue weighted by molar-refractivity contribution is 0.187. The fourth-order valence-corrected chi connectivity index (χ4v) is 4.53. The van der Waals surface area contributed by atoms with Crippen LogP contribution < -0.4 is 16.4 Å². The Morgan fingerprint density at radius 3 is 2.66 bits per heavy atom. The van der Waals surface area contributed by atoms with Gasteiger partial charge in [-0.3, -0.25) is 0 Å². The number of aromatic nitrogens is 2. The topological polar surface area (TPSA) is 96.1 Å². The molecule has 29 heavy (non-hydrogen) atoms. The number of hydrogen-bond donors (Lipinski definition) is 4. The summed E-state index contributed by atoms with van der Waals surface area (Å²) in [5.41, 5.74) is 7.23. The number of aliphatic hydroxyl groups is 1. The number of benzene rings is 1.